The molecular formula is C24H20N8OS. The molecule has 9 nitrogen and oxygen atoms in total. The van der Waals surface area contributed by atoms with Crippen molar-refractivity contribution >= 4 is 39.1 Å². The Morgan fingerprint density at radius 1 is 1.12 bits per heavy atom. The van der Waals surface area contributed by atoms with E-state index in [1.54, 1.807) is 36.1 Å². The molecule has 0 aliphatic carbocycles. The first-order valence-corrected chi connectivity index (χ1v) is 11.8. The van der Waals surface area contributed by atoms with E-state index in [2.05, 4.69) is 52.3 Å². The molecule has 0 saturated carbocycles. The third-order valence-electron chi connectivity index (χ3n) is 5.65. The van der Waals surface area contributed by atoms with Gasteiger partial charge in [-0.1, -0.05) is 6.92 Å². The maximum atomic E-state index is 9.91. The van der Waals surface area contributed by atoms with Crippen LogP contribution in [0.2, 0.25) is 0 Å². The zero-order chi connectivity index (χ0) is 23.1. The number of thiophene rings is 1. The van der Waals surface area contributed by atoms with E-state index in [9.17, 15) is 5.11 Å². The minimum absolute atomic E-state index is 0.591. The van der Waals surface area contributed by atoms with Gasteiger partial charge in [0.2, 0.25) is 0 Å². The van der Waals surface area contributed by atoms with Crippen LogP contribution in [0.1, 0.15) is 13.3 Å². The number of hydrogen-bond donors (Lipinski definition) is 4. The largest absolute Gasteiger partial charge is 0.374 e. The summed E-state index contributed by atoms with van der Waals surface area (Å²) >= 11 is 1.65. The lowest BCUT2D eigenvalue weighted by atomic mass is 10.1. The molecule has 1 unspecified atom stereocenters. The van der Waals surface area contributed by atoms with Crippen LogP contribution in [0.25, 0.3) is 56.0 Å². The SMILES string of the molecule is CCC(O)Nc1cncc(-c2cc3c(-c4nc5nccc(-c6ccsc6)c5[nH]4)n[nH]c3cn2)c1. The van der Waals surface area contributed by atoms with Gasteiger partial charge in [0.25, 0.3) is 0 Å². The molecular weight excluding hydrogens is 448 g/mol. The van der Waals surface area contributed by atoms with Crippen LogP contribution in [-0.4, -0.2) is 46.5 Å². The number of hydrogen-bond acceptors (Lipinski definition) is 8. The van der Waals surface area contributed by atoms with Crippen molar-refractivity contribution in [2.45, 2.75) is 19.6 Å². The molecule has 0 spiro atoms. The molecule has 0 saturated heterocycles. The van der Waals surface area contributed by atoms with Gasteiger partial charge in [0.05, 0.1) is 34.8 Å². The van der Waals surface area contributed by atoms with Gasteiger partial charge in [-0.25, -0.2) is 9.97 Å². The number of aliphatic hydroxyl groups excluding tert-OH is 1. The Hall–Kier alpha value is -4.15. The highest BCUT2D eigenvalue weighted by Crippen LogP contribution is 2.32. The van der Waals surface area contributed by atoms with Gasteiger partial charge in [0, 0.05) is 28.9 Å². The second-order valence-electron chi connectivity index (χ2n) is 7.87. The van der Waals surface area contributed by atoms with E-state index in [-0.39, 0.29) is 0 Å². The van der Waals surface area contributed by atoms with Crippen molar-refractivity contribution in [2.75, 3.05) is 5.32 Å². The van der Waals surface area contributed by atoms with Gasteiger partial charge in [0.1, 0.15) is 11.9 Å². The summed E-state index contributed by atoms with van der Waals surface area (Å²) in [6, 6.07) is 7.95. The van der Waals surface area contributed by atoms with Crippen molar-refractivity contribution < 1.29 is 5.11 Å². The highest BCUT2D eigenvalue weighted by molar-refractivity contribution is 7.08. The van der Waals surface area contributed by atoms with Crippen LogP contribution in [0.5, 0.6) is 0 Å². The third kappa shape index (κ3) is 3.58. The number of imidazole rings is 1. The second-order valence-corrected chi connectivity index (χ2v) is 8.65. The molecule has 6 aromatic heterocycles. The summed E-state index contributed by atoms with van der Waals surface area (Å²) in [5, 5.41) is 25.5. The van der Waals surface area contributed by atoms with E-state index in [1.165, 1.54) is 0 Å². The molecule has 0 radical (unpaired) electrons. The number of anilines is 1. The van der Waals surface area contributed by atoms with E-state index in [0.717, 1.165) is 44.5 Å². The summed E-state index contributed by atoms with van der Waals surface area (Å²) in [6.45, 7) is 1.90. The van der Waals surface area contributed by atoms with Crippen LogP contribution in [0.4, 0.5) is 5.69 Å². The van der Waals surface area contributed by atoms with Crippen molar-refractivity contribution in [1.82, 2.24) is 35.1 Å². The Labute approximate surface area is 198 Å². The van der Waals surface area contributed by atoms with E-state index >= 15 is 0 Å². The Balaban J connectivity index is 1.43. The van der Waals surface area contributed by atoms with Crippen molar-refractivity contribution in [3.05, 3.63) is 59.8 Å². The second kappa shape index (κ2) is 8.32. The van der Waals surface area contributed by atoms with Crippen LogP contribution < -0.4 is 5.32 Å². The van der Waals surface area contributed by atoms with Gasteiger partial charge >= 0.3 is 0 Å². The number of nitrogens with one attached hydrogen (secondary N) is 3. The number of nitrogens with zero attached hydrogens (tertiary/aromatic N) is 5. The summed E-state index contributed by atoms with van der Waals surface area (Å²) < 4.78 is 0. The maximum Gasteiger partial charge on any atom is 0.178 e. The minimum Gasteiger partial charge on any atom is -0.374 e. The Kier molecular flexibility index (Phi) is 5.01. The molecule has 0 fully saturated rings. The standard InChI is InChI=1S/C24H20N8OS/c1-2-20(33)28-15-7-14(9-25-10-15)18-8-17-19(11-27-18)31-32-22(17)24-29-21-16(13-4-6-34-12-13)3-5-26-23(21)30-24/h3-12,20,28,33H,2H2,1H3,(H,31,32)(H,26,29,30). The zero-order valence-corrected chi connectivity index (χ0v) is 19.0. The molecule has 6 heterocycles. The fraction of sp³-hybridized carbons (Fsp3) is 0.125. The quantitative estimate of drug-likeness (QED) is 0.258. The van der Waals surface area contributed by atoms with Crippen molar-refractivity contribution in [1.29, 1.82) is 0 Å². The predicted molar refractivity (Wildman–Crippen MR) is 133 cm³/mol. The van der Waals surface area contributed by atoms with Crippen LogP contribution >= 0.6 is 11.3 Å². The Morgan fingerprint density at radius 2 is 2.06 bits per heavy atom. The zero-order valence-electron chi connectivity index (χ0n) is 18.1. The topological polar surface area (TPSA) is 128 Å². The van der Waals surface area contributed by atoms with Gasteiger partial charge in [0.15, 0.2) is 11.5 Å². The number of fused-ring (bicyclic) bond motifs is 2. The average Bonchev–Trinajstić information content (AvgIpc) is 3.62. The molecule has 0 bridgehead atoms. The highest BCUT2D eigenvalue weighted by Gasteiger charge is 2.17. The van der Waals surface area contributed by atoms with Crippen LogP contribution in [0, 0.1) is 0 Å². The van der Waals surface area contributed by atoms with E-state index in [1.807, 2.05) is 25.1 Å². The Morgan fingerprint density at radius 3 is 2.91 bits per heavy atom. The molecule has 1 atom stereocenters. The molecule has 0 aliphatic heterocycles. The minimum atomic E-state index is -0.631. The number of pyridine rings is 3. The van der Waals surface area contributed by atoms with Gasteiger partial charge < -0.3 is 15.4 Å². The maximum absolute atomic E-state index is 9.91. The third-order valence-corrected chi connectivity index (χ3v) is 6.33. The lowest BCUT2D eigenvalue weighted by Crippen LogP contribution is -2.16. The number of aliphatic hydroxyl groups is 1. The van der Waals surface area contributed by atoms with Crippen molar-refractivity contribution in [3.63, 3.8) is 0 Å². The first kappa shape index (κ1) is 20.5. The molecule has 34 heavy (non-hydrogen) atoms. The molecule has 168 valence electrons. The first-order valence-electron chi connectivity index (χ1n) is 10.8. The molecule has 0 aromatic carbocycles. The Bertz CT molecular complexity index is 1600. The lowest BCUT2D eigenvalue weighted by molar-refractivity contribution is 0.199. The van der Waals surface area contributed by atoms with E-state index < -0.39 is 6.23 Å². The first-order chi connectivity index (χ1) is 16.7. The average molecular weight is 469 g/mol. The van der Waals surface area contributed by atoms with Gasteiger partial charge in [-0.2, -0.15) is 16.4 Å². The summed E-state index contributed by atoms with van der Waals surface area (Å²) in [4.78, 5) is 21.5. The molecule has 0 aliphatic rings. The number of aromatic amines is 2. The molecule has 0 amide bonds. The number of H-pyrrole nitrogens is 2. The van der Waals surface area contributed by atoms with Crippen molar-refractivity contribution in [3.8, 4) is 33.9 Å². The molecule has 6 rings (SSSR count). The summed E-state index contributed by atoms with van der Waals surface area (Å²) in [5.74, 6) is 0.633. The monoisotopic (exact) mass is 468 g/mol. The van der Waals surface area contributed by atoms with Gasteiger partial charge in [-0.3, -0.25) is 15.1 Å². The number of aromatic nitrogens is 7. The summed E-state index contributed by atoms with van der Waals surface area (Å²) in [5.41, 5.74) is 7.48. The highest BCUT2D eigenvalue weighted by atomic mass is 32.1. The van der Waals surface area contributed by atoms with Crippen LogP contribution in [-0.2, 0) is 0 Å². The summed E-state index contributed by atoms with van der Waals surface area (Å²) in [6.07, 6.45) is 6.90. The van der Waals surface area contributed by atoms with Crippen LogP contribution in [0.15, 0.2) is 59.8 Å². The van der Waals surface area contributed by atoms with Crippen LogP contribution in [0.3, 0.4) is 0 Å². The predicted octanol–water partition coefficient (Wildman–Crippen LogP) is 4.83. The summed E-state index contributed by atoms with van der Waals surface area (Å²) in [7, 11) is 0. The lowest BCUT2D eigenvalue weighted by Gasteiger charge is -2.12. The normalized spacial score (nSPS) is 12.4. The fourth-order valence-electron chi connectivity index (χ4n) is 3.89. The van der Waals surface area contributed by atoms with E-state index in [0.29, 0.717) is 23.6 Å². The van der Waals surface area contributed by atoms with Gasteiger partial charge in [-0.05, 0) is 47.0 Å². The van der Waals surface area contributed by atoms with E-state index in [4.69, 9.17) is 4.98 Å². The smallest absolute Gasteiger partial charge is 0.178 e. The van der Waals surface area contributed by atoms with Gasteiger partial charge in [-0.15, -0.1) is 0 Å². The molecule has 4 N–H and O–H groups in total. The van der Waals surface area contributed by atoms with Crippen molar-refractivity contribution in [2.24, 2.45) is 0 Å². The number of rotatable bonds is 6. The molecule has 10 heteroatoms. The fourth-order valence-corrected chi connectivity index (χ4v) is 4.55. The molecule has 6 aromatic rings.